The summed E-state index contributed by atoms with van der Waals surface area (Å²) in [6.45, 7) is 6.14. The Balaban J connectivity index is 2.50. The molecule has 1 rings (SSSR count). The van der Waals surface area contributed by atoms with Crippen molar-refractivity contribution in [3.05, 3.63) is 16.1 Å². The summed E-state index contributed by atoms with van der Waals surface area (Å²) in [7, 11) is 0. The highest BCUT2D eigenvalue weighted by Gasteiger charge is 2.11. The molecule has 1 N–H and O–H groups in total. The van der Waals surface area contributed by atoms with Crippen LogP contribution in [0.25, 0.3) is 0 Å². The van der Waals surface area contributed by atoms with Crippen LogP contribution >= 0.6 is 11.3 Å². The minimum atomic E-state index is 0.221. The zero-order valence-corrected chi connectivity index (χ0v) is 9.56. The second-order valence-electron chi connectivity index (χ2n) is 3.46. The molecular formula is C10H15N3S. The van der Waals surface area contributed by atoms with E-state index in [9.17, 15) is 0 Å². The fraction of sp³-hybridized carbons (Fsp3) is 0.600. The lowest BCUT2D eigenvalue weighted by molar-refractivity contribution is 0.484. The summed E-state index contributed by atoms with van der Waals surface area (Å²) in [5.41, 5.74) is 0. The van der Waals surface area contributed by atoms with E-state index in [1.807, 2.05) is 20.0 Å². The van der Waals surface area contributed by atoms with Gasteiger partial charge in [0.1, 0.15) is 5.01 Å². The average molecular weight is 209 g/mol. The van der Waals surface area contributed by atoms with Crippen LogP contribution in [0.4, 0.5) is 0 Å². The summed E-state index contributed by atoms with van der Waals surface area (Å²) in [5.74, 6) is 0. The van der Waals surface area contributed by atoms with Crippen molar-refractivity contribution >= 4 is 11.3 Å². The van der Waals surface area contributed by atoms with E-state index in [2.05, 4.69) is 23.3 Å². The molecule has 76 valence electrons. The molecule has 4 heteroatoms. The van der Waals surface area contributed by atoms with Gasteiger partial charge < -0.3 is 5.32 Å². The van der Waals surface area contributed by atoms with Gasteiger partial charge in [-0.3, -0.25) is 0 Å². The molecule has 0 saturated carbocycles. The average Bonchev–Trinajstić information content (AvgIpc) is 2.52. The highest BCUT2D eigenvalue weighted by Crippen LogP contribution is 2.19. The summed E-state index contributed by atoms with van der Waals surface area (Å²) < 4.78 is 0. The number of hydrogen-bond donors (Lipinski definition) is 1. The first-order valence-electron chi connectivity index (χ1n) is 4.68. The smallest absolute Gasteiger partial charge is 0.109 e. The fourth-order valence-corrected chi connectivity index (χ4v) is 2.05. The quantitative estimate of drug-likeness (QED) is 0.828. The molecule has 0 saturated heterocycles. The number of nitrogens with one attached hydrogen (secondary N) is 1. The highest BCUT2D eigenvalue weighted by molar-refractivity contribution is 7.11. The van der Waals surface area contributed by atoms with Crippen molar-refractivity contribution in [1.82, 2.24) is 10.3 Å². The largest absolute Gasteiger partial charge is 0.305 e. The number of hydrogen-bond acceptors (Lipinski definition) is 4. The van der Waals surface area contributed by atoms with Crippen LogP contribution in [0.15, 0.2) is 6.20 Å². The van der Waals surface area contributed by atoms with Crippen molar-refractivity contribution < 1.29 is 0 Å². The van der Waals surface area contributed by atoms with Gasteiger partial charge in [-0.25, -0.2) is 4.98 Å². The Morgan fingerprint density at radius 1 is 1.64 bits per heavy atom. The maximum atomic E-state index is 8.52. The molecule has 0 aliphatic carbocycles. The Morgan fingerprint density at radius 3 is 2.86 bits per heavy atom. The van der Waals surface area contributed by atoms with Gasteiger partial charge >= 0.3 is 0 Å². The van der Waals surface area contributed by atoms with Crippen LogP contribution in [0.3, 0.4) is 0 Å². The number of aromatic nitrogens is 1. The molecule has 14 heavy (non-hydrogen) atoms. The lowest BCUT2D eigenvalue weighted by Crippen LogP contribution is -2.28. The van der Waals surface area contributed by atoms with E-state index in [4.69, 9.17) is 5.26 Å². The molecular weight excluding hydrogens is 194 g/mol. The van der Waals surface area contributed by atoms with Gasteiger partial charge in [-0.1, -0.05) is 0 Å². The van der Waals surface area contributed by atoms with E-state index >= 15 is 0 Å². The van der Waals surface area contributed by atoms with Gasteiger partial charge in [-0.05, 0) is 20.8 Å². The molecule has 0 amide bonds. The Bertz CT molecular complexity index is 326. The fourth-order valence-electron chi connectivity index (χ4n) is 1.27. The summed E-state index contributed by atoms with van der Waals surface area (Å²) in [4.78, 5) is 5.53. The van der Waals surface area contributed by atoms with Crippen LogP contribution in [-0.4, -0.2) is 11.0 Å². The van der Waals surface area contributed by atoms with Crippen LogP contribution < -0.4 is 5.32 Å². The Morgan fingerprint density at radius 2 is 2.36 bits per heavy atom. The van der Waals surface area contributed by atoms with E-state index in [0.717, 1.165) is 5.01 Å². The van der Waals surface area contributed by atoms with Crippen LogP contribution in [0.2, 0.25) is 0 Å². The molecule has 0 aliphatic heterocycles. The number of thiazole rings is 1. The molecule has 0 radical (unpaired) electrons. The molecule has 2 atom stereocenters. The third kappa shape index (κ3) is 3.09. The maximum Gasteiger partial charge on any atom is 0.109 e. The summed E-state index contributed by atoms with van der Waals surface area (Å²) in [5, 5.41) is 12.9. The molecule has 1 aromatic rings. The Kier molecular flexibility index (Phi) is 4.05. The summed E-state index contributed by atoms with van der Waals surface area (Å²) in [6, 6.07) is 2.60. The molecule has 2 unspecified atom stereocenters. The van der Waals surface area contributed by atoms with Gasteiger partial charge in [0.25, 0.3) is 0 Å². The predicted molar refractivity (Wildman–Crippen MR) is 58.1 cm³/mol. The normalized spacial score (nSPS) is 14.7. The number of aryl methyl sites for hydroxylation is 1. The van der Waals surface area contributed by atoms with Crippen molar-refractivity contribution in [2.75, 3.05) is 0 Å². The van der Waals surface area contributed by atoms with Crippen molar-refractivity contribution in [2.45, 2.75) is 39.3 Å². The first-order valence-corrected chi connectivity index (χ1v) is 5.50. The number of rotatable bonds is 4. The zero-order chi connectivity index (χ0) is 10.6. The lowest BCUT2D eigenvalue weighted by atomic mass is 10.2. The first kappa shape index (κ1) is 11.2. The van der Waals surface area contributed by atoms with E-state index in [1.54, 1.807) is 11.3 Å². The third-order valence-corrected chi connectivity index (χ3v) is 3.04. The van der Waals surface area contributed by atoms with Gasteiger partial charge in [0, 0.05) is 17.1 Å². The van der Waals surface area contributed by atoms with Gasteiger partial charge in [-0.15, -0.1) is 11.3 Å². The van der Waals surface area contributed by atoms with Crippen molar-refractivity contribution in [2.24, 2.45) is 0 Å². The molecule has 3 nitrogen and oxygen atoms in total. The molecule has 0 aromatic carbocycles. The van der Waals surface area contributed by atoms with Gasteiger partial charge in [0.15, 0.2) is 0 Å². The second-order valence-corrected chi connectivity index (χ2v) is 4.73. The van der Waals surface area contributed by atoms with Crippen LogP contribution in [0, 0.1) is 18.3 Å². The third-order valence-electron chi connectivity index (χ3n) is 1.94. The second kappa shape index (κ2) is 5.08. The molecule has 0 fully saturated rings. The number of nitrogens with zero attached hydrogens (tertiary/aromatic N) is 2. The van der Waals surface area contributed by atoms with E-state index in [1.165, 1.54) is 4.88 Å². The van der Waals surface area contributed by atoms with E-state index in [0.29, 0.717) is 6.42 Å². The molecule has 0 aliphatic rings. The van der Waals surface area contributed by atoms with Crippen molar-refractivity contribution in [1.29, 1.82) is 5.26 Å². The molecule has 1 heterocycles. The SMILES string of the molecule is Cc1cnc(C(C)NC(C)CC#N)s1. The number of nitriles is 1. The van der Waals surface area contributed by atoms with Gasteiger partial charge in [0.05, 0.1) is 18.5 Å². The molecule has 0 spiro atoms. The Labute approximate surface area is 88.8 Å². The monoisotopic (exact) mass is 209 g/mol. The van der Waals surface area contributed by atoms with E-state index in [-0.39, 0.29) is 12.1 Å². The zero-order valence-electron chi connectivity index (χ0n) is 8.74. The lowest BCUT2D eigenvalue weighted by Gasteiger charge is -2.15. The predicted octanol–water partition coefficient (Wildman–Crippen LogP) is 2.40. The standard InChI is InChI=1S/C10H15N3S/c1-7(4-5-11)13-9(3)10-12-6-8(2)14-10/h6-7,9,13H,4H2,1-3H3. The minimum Gasteiger partial charge on any atom is -0.305 e. The topological polar surface area (TPSA) is 48.7 Å². The van der Waals surface area contributed by atoms with Crippen molar-refractivity contribution in [3.63, 3.8) is 0 Å². The van der Waals surface area contributed by atoms with Crippen molar-refractivity contribution in [3.8, 4) is 6.07 Å². The maximum absolute atomic E-state index is 8.52. The van der Waals surface area contributed by atoms with Crippen LogP contribution in [-0.2, 0) is 0 Å². The van der Waals surface area contributed by atoms with Crippen LogP contribution in [0.5, 0.6) is 0 Å². The summed E-state index contributed by atoms with van der Waals surface area (Å²) >= 11 is 1.70. The van der Waals surface area contributed by atoms with Crippen LogP contribution in [0.1, 0.15) is 36.2 Å². The van der Waals surface area contributed by atoms with Gasteiger partial charge in [-0.2, -0.15) is 5.26 Å². The minimum absolute atomic E-state index is 0.221. The Hall–Kier alpha value is -0.920. The first-order chi connectivity index (χ1) is 6.63. The molecule has 1 aromatic heterocycles. The van der Waals surface area contributed by atoms with Gasteiger partial charge in [0.2, 0.25) is 0 Å². The highest BCUT2D eigenvalue weighted by atomic mass is 32.1. The van der Waals surface area contributed by atoms with E-state index < -0.39 is 0 Å². The molecule has 0 bridgehead atoms. The summed E-state index contributed by atoms with van der Waals surface area (Å²) in [6.07, 6.45) is 2.42.